The van der Waals surface area contributed by atoms with Crippen molar-refractivity contribution in [1.29, 1.82) is 0 Å². The van der Waals surface area contributed by atoms with Gasteiger partial charge in [0.05, 0.1) is 0 Å². The minimum absolute atomic E-state index is 0.230. The smallest absolute Gasteiger partial charge is 0.166 e. The van der Waals surface area contributed by atoms with E-state index in [4.69, 9.17) is 0 Å². The maximum Gasteiger partial charge on any atom is 0.166 e. The summed E-state index contributed by atoms with van der Waals surface area (Å²) in [6.45, 7) is 13.9. The molecule has 0 aliphatic heterocycles. The van der Waals surface area contributed by atoms with Gasteiger partial charge in [0.15, 0.2) is 5.78 Å². The molecule has 0 atom stereocenters. The average molecular weight is 478 g/mol. The predicted octanol–water partition coefficient (Wildman–Crippen LogP) is 9.83. The summed E-state index contributed by atoms with van der Waals surface area (Å²) in [6, 6.07) is 16.3. The Kier molecular flexibility index (Phi) is 5.63. The summed E-state index contributed by atoms with van der Waals surface area (Å²) in [5, 5.41) is 2.54. The molecular formula is C34H39NO. The molecule has 7 rings (SSSR count). The summed E-state index contributed by atoms with van der Waals surface area (Å²) in [5.74, 6) is 2.55. The monoisotopic (exact) mass is 477 g/mol. The van der Waals surface area contributed by atoms with Gasteiger partial charge >= 0.3 is 0 Å². The van der Waals surface area contributed by atoms with Gasteiger partial charge in [-0.3, -0.25) is 4.79 Å². The zero-order valence-electron chi connectivity index (χ0n) is 22.7. The second-order valence-corrected chi connectivity index (χ2v) is 12.3. The topological polar surface area (TPSA) is 32.9 Å². The first-order valence-corrected chi connectivity index (χ1v) is 14.0. The summed E-state index contributed by atoms with van der Waals surface area (Å²) in [7, 11) is 0. The molecule has 0 spiro atoms. The summed E-state index contributed by atoms with van der Waals surface area (Å²) < 4.78 is 0. The molecule has 4 aromatic rings. The Morgan fingerprint density at radius 2 is 1.31 bits per heavy atom. The maximum atomic E-state index is 13.3. The Hall–Kier alpha value is -2.87. The number of carbonyl (C=O) groups is 1. The molecule has 0 saturated heterocycles. The fourth-order valence-corrected chi connectivity index (χ4v) is 6.85. The Morgan fingerprint density at radius 3 is 1.92 bits per heavy atom. The lowest BCUT2D eigenvalue weighted by Crippen LogP contribution is -2.15. The molecule has 2 bridgehead atoms. The molecule has 36 heavy (non-hydrogen) atoms. The molecular weight excluding hydrogens is 438 g/mol. The molecule has 3 aromatic carbocycles. The first-order chi connectivity index (χ1) is 17.2. The number of hydrogen-bond acceptors (Lipinski definition) is 1. The van der Waals surface area contributed by atoms with Crippen LogP contribution >= 0.6 is 0 Å². The van der Waals surface area contributed by atoms with Crippen molar-refractivity contribution in [3.8, 4) is 11.1 Å². The van der Waals surface area contributed by atoms with Gasteiger partial charge in [-0.2, -0.15) is 0 Å². The minimum Gasteiger partial charge on any atom is -0.354 e. The first kappa shape index (κ1) is 23.5. The lowest BCUT2D eigenvalue weighted by Gasteiger charge is -2.23. The highest BCUT2D eigenvalue weighted by Crippen LogP contribution is 2.46. The van der Waals surface area contributed by atoms with Crippen molar-refractivity contribution in [3.63, 3.8) is 0 Å². The van der Waals surface area contributed by atoms with E-state index in [9.17, 15) is 4.79 Å². The number of fused-ring (bicyclic) bond motifs is 5. The van der Waals surface area contributed by atoms with Gasteiger partial charge in [0.1, 0.15) is 0 Å². The lowest BCUT2D eigenvalue weighted by atomic mass is 9.81. The Labute approximate surface area is 215 Å². The maximum absolute atomic E-state index is 13.3. The van der Waals surface area contributed by atoms with Crippen molar-refractivity contribution < 1.29 is 4.79 Å². The van der Waals surface area contributed by atoms with Crippen molar-refractivity contribution >= 4 is 27.6 Å². The molecule has 0 radical (unpaired) electrons. The van der Waals surface area contributed by atoms with Crippen LogP contribution in [0.15, 0.2) is 42.5 Å². The van der Waals surface area contributed by atoms with E-state index in [0.29, 0.717) is 29.5 Å². The van der Waals surface area contributed by atoms with Gasteiger partial charge < -0.3 is 4.98 Å². The van der Waals surface area contributed by atoms with Crippen LogP contribution in [0, 0.1) is 5.92 Å². The fraction of sp³-hybridized carbons (Fsp3) is 0.441. The van der Waals surface area contributed by atoms with Gasteiger partial charge in [-0.25, -0.2) is 0 Å². The van der Waals surface area contributed by atoms with Crippen LogP contribution in [0.2, 0.25) is 0 Å². The number of carbonyl (C=O) groups excluding carboxylic acids is 1. The van der Waals surface area contributed by atoms with E-state index in [1.807, 2.05) is 0 Å². The van der Waals surface area contributed by atoms with Gasteiger partial charge in [-0.05, 0) is 107 Å². The number of Topliss-reactive ketones (excluding diaryl/α,β-unsaturated/α-hetero) is 1. The van der Waals surface area contributed by atoms with Crippen LogP contribution in [0.5, 0.6) is 0 Å². The standard InChI is InChI=1S/C34H39NO/c1-18(2)24-14-25(19(3)4)33(26(15-24)20(5)6)23-11-12-31-28(13-23)29-16-27-21-7-9-22(10-8-21)34(36)30(27)17-32(29)35-31/h11-22,35H,7-10H2,1-6H3. The molecule has 2 nitrogen and oxygen atoms in total. The number of aromatic amines is 1. The molecule has 1 saturated carbocycles. The van der Waals surface area contributed by atoms with Crippen molar-refractivity contribution in [2.75, 3.05) is 0 Å². The minimum atomic E-state index is 0.230. The summed E-state index contributed by atoms with van der Waals surface area (Å²) in [5.41, 5.74) is 11.6. The molecule has 2 heteroatoms. The fourth-order valence-electron chi connectivity index (χ4n) is 6.85. The number of hydrogen-bond donors (Lipinski definition) is 1. The van der Waals surface area contributed by atoms with Gasteiger partial charge in [-0.15, -0.1) is 0 Å². The number of H-pyrrole nitrogens is 1. The number of ketones is 1. The molecule has 3 aliphatic rings. The molecule has 1 N–H and O–H groups in total. The first-order valence-electron chi connectivity index (χ1n) is 14.0. The van der Waals surface area contributed by atoms with E-state index in [2.05, 4.69) is 89.0 Å². The average Bonchev–Trinajstić information content (AvgIpc) is 3.11. The molecule has 1 aromatic heterocycles. The van der Waals surface area contributed by atoms with Crippen LogP contribution in [0.1, 0.15) is 124 Å². The number of aromatic nitrogens is 1. The summed E-state index contributed by atoms with van der Waals surface area (Å²) in [4.78, 5) is 16.9. The second kappa shape index (κ2) is 8.61. The SMILES string of the molecule is CC(C)c1cc(C(C)C)c(-c2ccc3[nH]c4cc5c(cc4c3c2)C2CCC(CC2)C5=O)c(C(C)C)c1. The predicted molar refractivity (Wildman–Crippen MR) is 153 cm³/mol. The molecule has 1 fully saturated rings. The van der Waals surface area contributed by atoms with Crippen LogP contribution in [-0.4, -0.2) is 10.8 Å². The molecule has 0 amide bonds. The quantitative estimate of drug-likeness (QED) is 0.312. The zero-order valence-corrected chi connectivity index (χ0v) is 22.7. The Balaban J connectivity index is 1.59. The largest absolute Gasteiger partial charge is 0.354 e. The van der Waals surface area contributed by atoms with E-state index in [0.717, 1.165) is 42.3 Å². The highest BCUT2D eigenvalue weighted by Gasteiger charge is 2.35. The van der Waals surface area contributed by atoms with Gasteiger partial charge in [-0.1, -0.05) is 59.7 Å². The highest BCUT2D eigenvalue weighted by molar-refractivity contribution is 6.12. The van der Waals surface area contributed by atoms with Crippen molar-refractivity contribution in [2.45, 2.75) is 90.9 Å². The summed E-state index contributed by atoms with van der Waals surface area (Å²) >= 11 is 0. The Bertz CT molecular complexity index is 1460. The summed E-state index contributed by atoms with van der Waals surface area (Å²) in [6.07, 6.45) is 4.42. The van der Waals surface area contributed by atoms with E-state index in [-0.39, 0.29) is 5.92 Å². The third kappa shape index (κ3) is 3.64. The van der Waals surface area contributed by atoms with Gasteiger partial charge in [0, 0.05) is 33.3 Å². The van der Waals surface area contributed by atoms with E-state index >= 15 is 0 Å². The number of rotatable bonds is 4. The number of nitrogens with one attached hydrogen (secondary N) is 1. The molecule has 1 heterocycles. The third-order valence-corrected chi connectivity index (χ3v) is 8.99. The highest BCUT2D eigenvalue weighted by atomic mass is 16.1. The van der Waals surface area contributed by atoms with E-state index < -0.39 is 0 Å². The third-order valence-electron chi connectivity index (χ3n) is 8.99. The van der Waals surface area contributed by atoms with Crippen LogP contribution in [0.25, 0.3) is 32.9 Å². The Morgan fingerprint density at radius 1 is 0.694 bits per heavy atom. The van der Waals surface area contributed by atoms with Crippen LogP contribution in [0.3, 0.4) is 0 Å². The van der Waals surface area contributed by atoms with Crippen molar-refractivity contribution in [1.82, 2.24) is 4.98 Å². The second-order valence-electron chi connectivity index (χ2n) is 12.3. The van der Waals surface area contributed by atoms with E-state index in [1.165, 1.54) is 44.2 Å². The molecule has 186 valence electrons. The van der Waals surface area contributed by atoms with Crippen molar-refractivity contribution in [3.05, 3.63) is 70.3 Å². The van der Waals surface area contributed by atoms with Crippen LogP contribution in [0.4, 0.5) is 0 Å². The van der Waals surface area contributed by atoms with Crippen LogP contribution < -0.4 is 0 Å². The molecule has 3 aliphatic carbocycles. The number of benzene rings is 3. The van der Waals surface area contributed by atoms with E-state index in [1.54, 1.807) is 0 Å². The zero-order chi connectivity index (χ0) is 25.3. The van der Waals surface area contributed by atoms with Gasteiger partial charge in [0.2, 0.25) is 0 Å². The van der Waals surface area contributed by atoms with Gasteiger partial charge in [0.25, 0.3) is 0 Å². The lowest BCUT2D eigenvalue weighted by molar-refractivity contribution is 0.0898. The van der Waals surface area contributed by atoms with Crippen LogP contribution in [-0.2, 0) is 0 Å². The molecule has 0 unspecified atom stereocenters. The normalized spacial score (nSPS) is 19.8. The van der Waals surface area contributed by atoms with Crippen molar-refractivity contribution in [2.24, 2.45) is 5.92 Å².